The number of carbonyl (C=O) groups is 2. The number of aryl methyl sites for hydroxylation is 2. The van der Waals surface area contributed by atoms with Gasteiger partial charge >= 0.3 is 12.1 Å². The number of nitrogens with zero attached hydrogens (tertiary/aromatic N) is 7. The zero-order chi connectivity index (χ0) is 53.8. The SMILES string of the molecule is COC1C(O)C(NC(=O)Nc2c(C)c(-c3ccc(=O)n(C)c3)nn2-c2cccc(C3(C)c4ccccc4C(NC(=O)Nc4c(C)c(-c5cnc(C)nc5)nn4-c4ccccc4)C(O)C3OC)c2)c2ccccc2C1(C)C. The van der Waals surface area contributed by atoms with E-state index in [2.05, 4.69) is 31.2 Å². The molecule has 2 aliphatic carbocycles. The zero-order valence-corrected chi connectivity index (χ0v) is 43.7. The van der Waals surface area contributed by atoms with Crippen molar-refractivity contribution in [2.75, 3.05) is 24.9 Å². The smallest absolute Gasteiger partial charge is 0.320 e. The van der Waals surface area contributed by atoms with Crippen LogP contribution in [0.4, 0.5) is 21.2 Å². The van der Waals surface area contributed by atoms with E-state index in [0.717, 1.165) is 27.9 Å². The summed E-state index contributed by atoms with van der Waals surface area (Å²) < 4.78 is 16.9. The first-order valence-corrected chi connectivity index (χ1v) is 25.0. The standard InChI is InChI=1S/C58H61N11O7/c1-32-45(35-26-27-44(70)67(7)31-35)65-69(54(32)64-55(73)61-47-40-22-13-15-24-42(40)57(4,5)51(75-8)49(47)71)39-21-17-18-37(28-39)58(6)43-25-16-14-23-41(43)48(50(72)52(58)76-9)62-56(74)63-53-33(2)46(36-29-59-34(3)60-30-36)66-68(53)38-19-11-10-12-20-38/h10-31,47-52,71-72H,1-9H3,(H2,61,64,73)(H2,62,63,74). The molecule has 18 nitrogen and oxygen atoms in total. The summed E-state index contributed by atoms with van der Waals surface area (Å²) >= 11 is 0. The van der Waals surface area contributed by atoms with Crippen LogP contribution in [0, 0.1) is 20.8 Å². The molecule has 6 N–H and O–H groups in total. The molecule has 4 amide bonds. The highest BCUT2D eigenvalue weighted by Gasteiger charge is 2.52. The van der Waals surface area contributed by atoms with E-state index in [9.17, 15) is 24.6 Å². The van der Waals surface area contributed by atoms with Crippen molar-refractivity contribution in [3.63, 3.8) is 0 Å². The molecule has 7 atom stereocenters. The summed E-state index contributed by atoms with van der Waals surface area (Å²) in [6, 6.07) is 32.6. The molecule has 0 radical (unpaired) electrons. The fraction of sp³-hybridized carbons (Fsp3) is 0.293. The van der Waals surface area contributed by atoms with Crippen LogP contribution in [0.15, 0.2) is 139 Å². The normalized spacial score (nSPS) is 21.5. The predicted octanol–water partition coefficient (Wildman–Crippen LogP) is 7.89. The van der Waals surface area contributed by atoms with Gasteiger partial charge in [-0.25, -0.2) is 28.9 Å². The van der Waals surface area contributed by atoms with E-state index in [4.69, 9.17) is 19.7 Å². The summed E-state index contributed by atoms with van der Waals surface area (Å²) in [7, 11) is 4.75. The van der Waals surface area contributed by atoms with Crippen molar-refractivity contribution < 1.29 is 29.3 Å². The maximum absolute atomic E-state index is 14.4. The van der Waals surface area contributed by atoms with Gasteiger partial charge in [0, 0.05) is 79.0 Å². The number of hydrogen-bond acceptors (Lipinski definition) is 11. The number of rotatable bonds is 11. The molecule has 0 saturated heterocycles. The van der Waals surface area contributed by atoms with Gasteiger partial charge < -0.3 is 34.9 Å². The Morgan fingerprint density at radius 1 is 0.618 bits per heavy atom. The molecule has 10 rings (SSSR count). The zero-order valence-electron chi connectivity index (χ0n) is 43.7. The molecule has 4 heterocycles. The Morgan fingerprint density at radius 3 is 1.72 bits per heavy atom. The quantitative estimate of drug-likeness (QED) is 0.0731. The summed E-state index contributed by atoms with van der Waals surface area (Å²) in [4.78, 5) is 50.1. The highest BCUT2D eigenvalue weighted by molar-refractivity contribution is 5.92. The fourth-order valence-corrected chi connectivity index (χ4v) is 11.4. The van der Waals surface area contributed by atoms with Crippen LogP contribution in [0.5, 0.6) is 0 Å². The number of aliphatic hydroxyl groups excluding tert-OH is 2. The number of hydrogen-bond donors (Lipinski definition) is 6. The third kappa shape index (κ3) is 8.81. The molecule has 0 fully saturated rings. The van der Waals surface area contributed by atoms with E-state index in [1.54, 1.807) is 55.1 Å². The maximum Gasteiger partial charge on any atom is 0.320 e. The van der Waals surface area contributed by atoms with Crippen molar-refractivity contribution in [3.8, 4) is 33.9 Å². The van der Waals surface area contributed by atoms with Crippen LogP contribution in [0.3, 0.4) is 0 Å². The summed E-state index contributed by atoms with van der Waals surface area (Å²) in [5, 5.41) is 46.6. The molecule has 4 aromatic heterocycles. The van der Waals surface area contributed by atoms with Crippen LogP contribution >= 0.6 is 0 Å². The number of amides is 4. The summed E-state index contributed by atoms with van der Waals surface area (Å²) in [6.07, 6.45) is 1.19. The number of aromatic nitrogens is 7. The molecule has 0 spiro atoms. The number of benzene rings is 4. The first-order valence-electron chi connectivity index (χ1n) is 25.0. The second-order valence-corrected chi connectivity index (χ2v) is 20.3. The molecule has 76 heavy (non-hydrogen) atoms. The number of para-hydroxylation sites is 1. The lowest BCUT2D eigenvalue weighted by atomic mass is 9.63. The molecule has 2 aliphatic rings. The summed E-state index contributed by atoms with van der Waals surface area (Å²) in [5.74, 6) is 1.37. The molecule has 4 aromatic carbocycles. The fourth-order valence-electron chi connectivity index (χ4n) is 11.4. The van der Waals surface area contributed by atoms with Gasteiger partial charge in [0.25, 0.3) is 0 Å². The number of anilines is 2. The van der Waals surface area contributed by atoms with Gasteiger partial charge in [0.1, 0.15) is 35.4 Å². The lowest BCUT2D eigenvalue weighted by molar-refractivity contribution is -0.0731. The Balaban J connectivity index is 1.000. The minimum absolute atomic E-state index is 0.196. The Morgan fingerprint density at radius 2 is 1.13 bits per heavy atom. The minimum atomic E-state index is -1.27. The number of ether oxygens (including phenoxy) is 2. The lowest BCUT2D eigenvalue weighted by Gasteiger charge is -2.48. The summed E-state index contributed by atoms with van der Waals surface area (Å²) in [6.45, 7) is 11.5. The van der Waals surface area contributed by atoms with Crippen LogP contribution < -0.4 is 26.8 Å². The van der Waals surface area contributed by atoms with Gasteiger partial charge in [-0.3, -0.25) is 15.4 Å². The largest absolute Gasteiger partial charge is 0.388 e. The average Bonchev–Trinajstić information content (AvgIpc) is 3.92. The monoisotopic (exact) mass is 1020 g/mol. The van der Waals surface area contributed by atoms with Gasteiger partial charge in [0.15, 0.2) is 0 Å². The van der Waals surface area contributed by atoms with E-state index in [0.29, 0.717) is 62.4 Å². The van der Waals surface area contributed by atoms with Crippen LogP contribution in [0.1, 0.15) is 77.6 Å². The average molecular weight is 1020 g/mol. The van der Waals surface area contributed by atoms with Gasteiger partial charge in [-0.05, 0) is 85.8 Å². The Labute approximate surface area is 439 Å². The van der Waals surface area contributed by atoms with E-state index < -0.39 is 59.4 Å². The third-order valence-corrected chi connectivity index (χ3v) is 15.3. The Bertz CT molecular complexity index is 3550. The number of aliphatic hydroxyl groups is 2. The molecule has 390 valence electrons. The highest BCUT2D eigenvalue weighted by atomic mass is 16.5. The van der Waals surface area contributed by atoms with Crippen LogP contribution in [0.25, 0.3) is 33.9 Å². The van der Waals surface area contributed by atoms with Crippen molar-refractivity contribution in [1.82, 2.24) is 44.7 Å². The topological polar surface area (TPSA) is 225 Å². The van der Waals surface area contributed by atoms with Crippen LogP contribution in [0.2, 0.25) is 0 Å². The molecule has 18 heteroatoms. The van der Waals surface area contributed by atoms with Crippen LogP contribution in [-0.4, -0.2) is 95.0 Å². The van der Waals surface area contributed by atoms with Gasteiger partial charge in [-0.1, -0.05) is 92.7 Å². The van der Waals surface area contributed by atoms with Crippen molar-refractivity contribution in [1.29, 1.82) is 0 Å². The number of pyridine rings is 1. The van der Waals surface area contributed by atoms with E-state index in [-0.39, 0.29) is 5.56 Å². The van der Waals surface area contributed by atoms with Crippen molar-refractivity contribution in [2.45, 2.75) is 88.9 Å². The van der Waals surface area contributed by atoms with Crippen molar-refractivity contribution in [3.05, 3.63) is 189 Å². The van der Waals surface area contributed by atoms with Gasteiger partial charge in [-0.15, -0.1) is 0 Å². The molecule has 7 unspecified atom stereocenters. The Hall–Kier alpha value is -8.29. The number of urea groups is 2. The second-order valence-electron chi connectivity index (χ2n) is 20.3. The maximum atomic E-state index is 14.4. The first-order chi connectivity index (χ1) is 36.5. The number of carbonyl (C=O) groups excluding carboxylic acids is 2. The molecule has 0 aliphatic heterocycles. The van der Waals surface area contributed by atoms with E-state index >= 15 is 0 Å². The first kappa shape index (κ1) is 51.2. The van der Waals surface area contributed by atoms with E-state index in [1.165, 1.54) is 17.7 Å². The lowest BCUT2D eigenvalue weighted by Crippen LogP contribution is -2.57. The third-order valence-electron chi connectivity index (χ3n) is 15.3. The van der Waals surface area contributed by atoms with Gasteiger partial charge in [0.05, 0.1) is 41.4 Å². The van der Waals surface area contributed by atoms with Gasteiger partial charge in [-0.2, -0.15) is 10.2 Å². The summed E-state index contributed by atoms with van der Waals surface area (Å²) in [5.41, 5.74) is 7.13. The van der Waals surface area contributed by atoms with Crippen molar-refractivity contribution >= 4 is 23.7 Å². The molecular weight excluding hydrogens is 963 g/mol. The second kappa shape index (κ2) is 20.1. The highest BCUT2D eigenvalue weighted by Crippen LogP contribution is 2.49. The predicted molar refractivity (Wildman–Crippen MR) is 289 cm³/mol. The Kier molecular flexibility index (Phi) is 13.5. The number of nitrogens with one attached hydrogen (secondary N) is 4. The van der Waals surface area contributed by atoms with Crippen LogP contribution in [-0.2, 0) is 27.4 Å². The molecule has 0 saturated carbocycles. The minimum Gasteiger partial charge on any atom is -0.388 e. The molecule has 0 bridgehead atoms. The molecule has 8 aromatic rings. The van der Waals surface area contributed by atoms with E-state index in [1.807, 2.05) is 138 Å². The van der Waals surface area contributed by atoms with Gasteiger partial charge in [0.2, 0.25) is 5.56 Å². The van der Waals surface area contributed by atoms with Crippen molar-refractivity contribution in [2.24, 2.45) is 7.05 Å². The number of methoxy groups -OCH3 is 2. The molecular formula is C58H61N11O7. The number of fused-ring (bicyclic) bond motifs is 2.